The highest BCUT2D eigenvalue weighted by Crippen LogP contribution is 2.23. The molecule has 1 aromatic carbocycles. The van der Waals surface area contributed by atoms with Crippen molar-refractivity contribution in [2.24, 2.45) is 0 Å². The van der Waals surface area contributed by atoms with Crippen LogP contribution in [0.25, 0.3) is 0 Å². The van der Waals surface area contributed by atoms with Gasteiger partial charge in [0.25, 0.3) is 0 Å². The van der Waals surface area contributed by atoms with Crippen molar-refractivity contribution in [2.45, 2.75) is 39.2 Å². The Bertz CT molecular complexity index is 300. The zero-order valence-electron chi connectivity index (χ0n) is 9.89. The predicted octanol–water partition coefficient (Wildman–Crippen LogP) is 3.26. The fourth-order valence-corrected chi connectivity index (χ4v) is 1.43. The fraction of sp³-hybridized carbons (Fsp3) is 0.538. The van der Waals surface area contributed by atoms with Gasteiger partial charge in [0.2, 0.25) is 0 Å². The highest BCUT2D eigenvalue weighted by Gasteiger charge is 2.17. The van der Waals surface area contributed by atoms with Crippen LogP contribution in [0.15, 0.2) is 24.3 Å². The van der Waals surface area contributed by atoms with Gasteiger partial charge < -0.3 is 5.32 Å². The van der Waals surface area contributed by atoms with Gasteiger partial charge in [0, 0.05) is 5.54 Å². The van der Waals surface area contributed by atoms with Crippen molar-refractivity contribution in [1.82, 2.24) is 5.32 Å². The lowest BCUT2D eigenvalue weighted by Crippen LogP contribution is -2.33. The SMILES string of the molecule is CNC(C)(C)c1cccc(C(C)C)c1. The van der Waals surface area contributed by atoms with E-state index in [2.05, 4.69) is 57.3 Å². The standard InChI is InChI=1S/C13H21N/c1-10(2)11-7-6-8-12(9-11)13(3,4)14-5/h6-10,14H,1-5H3. The van der Waals surface area contributed by atoms with Crippen LogP contribution in [-0.4, -0.2) is 7.05 Å². The second-order valence-electron chi connectivity index (χ2n) is 4.66. The van der Waals surface area contributed by atoms with Gasteiger partial charge in [-0.25, -0.2) is 0 Å². The van der Waals surface area contributed by atoms with Gasteiger partial charge in [-0.3, -0.25) is 0 Å². The van der Waals surface area contributed by atoms with Crippen molar-refractivity contribution in [3.05, 3.63) is 35.4 Å². The van der Waals surface area contributed by atoms with Crippen LogP contribution in [0.5, 0.6) is 0 Å². The Morgan fingerprint density at radius 1 is 1.21 bits per heavy atom. The summed E-state index contributed by atoms with van der Waals surface area (Å²) in [6.45, 7) is 8.86. The van der Waals surface area contributed by atoms with Gasteiger partial charge in [0.15, 0.2) is 0 Å². The molecule has 0 aliphatic carbocycles. The van der Waals surface area contributed by atoms with E-state index in [4.69, 9.17) is 0 Å². The summed E-state index contributed by atoms with van der Waals surface area (Å²) in [6.07, 6.45) is 0. The molecule has 78 valence electrons. The largest absolute Gasteiger partial charge is 0.311 e. The Morgan fingerprint density at radius 3 is 2.36 bits per heavy atom. The highest BCUT2D eigenvalue weighted by atomic mass is 14.9. The zero-order valence-corrected chi connectivity index (χ0v) is 9.89. The summed E-state index contributed by atoms with van der Waals surface area (Å²) < 4.78 is 0. The van der Waals surface area contributed by atoms with E-state index >= 15 is 0 Å². The van der Waals surface area contributed by atoms with Crippen LogP contribution in [0, 0.1) is 0 Å². The molecule has 1 aromatic rings. The molecule has 0 spiro atoms. The lowest BCUT2D eigenvalue weighted by molar-refractivity contribution is 0.444. The monoisotopic (exact) mass is 191 g/mol. The zero-order chi connectivity index (χ0) is 10.8. The van der Waals surface area contributed by atoms with Gasteiger partial charge in [0.05, 0.1) is 0 Å². The van der Waals surface area contributed by atoms with Crippen molar-refractivity contribution in [3.63, 3.8) is 0 Å². The Morgan fingerprint density at radius 2 is 1.86 bits per heavy atom. The van der Waals surface area contributed by atoms with Gasteiger partial charge >= 0.3 is 0 Å². The van der Waals surface area contributed by atoms with Gasteiger partial charge in [-0.15, -0.1) is 0 Å². The molecule has 0 unspecified atom stereocenters. The quantitative estimate of drug-likeness (QED) is 0.773. The van der Waals surface area contributed by atoms with E-state index in [1.54, 1.807) is 0 Å². The smallest absolute Gasteiger partial charge is 0.0375 e. The minimum Gasteiger partial charge on any atom is -0.311 e. The molecule has 14 heavy (non-hydrogen) atoms. The second kappa shape index (κ2) is 4.14. The van der Waals surface area contributed by atoms with Crippen molar-refractivity contribution >= 4 is 0 Å². The Labute approximate surface area is 87.5 Å². The van der Waals surface area contributed by atoms with Crippen molar-refractivity contribution in [2.75, 3.05) is 7.05 Å². The summed E-state index contributed by atoms with van der Waals surface area (Å²) >= 11 is 0. The Kier molecular flexibility index (Phi) is 3.33. The first kappa shape index (κ1) is 11.3. The second-order valence-corrected chi connectivity index (χ2v) is 4.66. The Hall–Kier alpha value is -0.820. The minimum absolute atomic E-state index is 0.0604. The molecule has 0 fully saturated rings. The topological polar surface area (TPSA) is 12.0 Å². The maximum absolute atomic E-state index is 3.32. The number of nitrogens with one attached hydrogen (secondary N) is 1. The first-order valence-corrected chi connectivity index (χ1v) is 5.26. The molecule has 1 rings (SSSR count). The van der Waals surface area contributed by atoms with Gasteiger partial charge in [0.1, 0.15) is 0 Å². The van der Waals surface area contributed by atoms with E-state index in [1.165, 1.54) is 11.1 Å². The van der Waals surface area contributed by atoms with Crippen LogP contribution in [0.4, 0.5) is 0 Å². The molecule has 0 aliphatic rings. The molecule has 1 N–H and O–H groups in total. The van der Waals surface area contributed by atoms with E-state index in [9.17, 15) is 0 Å². The average Bonchev–Trinajstić information content (AvgIpc) is 2.18. The lowest BCUT2D eigenvalue weighted by atomic mass is 9.91. The van der Waals surface area contributed by atoms with Crippen molar-refractivity contribution in [3.8, 4) is 0 Å². The van der Waals surface area contributed by atoms with Gasteiger partial charge in [-0.1, -0.05) is 38.1 Å². The molecule has 0 aromatic heterocycles. The van der Waals surface area contributed by atoms with Crippen LogP contribution in [0.3, 0.4) is 0 Å². The van der Waals surface area contributed by atoms with Crippen LogP contribution in [0.2, 0.25) is 0 Å². The summed E-state index contributed by atoms with van der Waals surface area (Å²) in [7, 11) is 2.00. The molecule has 0 saturated heterocycles. The molecule has 1 heteroatoms. The molecule has 0 saturated carbocycles. The molecule has 0 bridgehead atoms. The molecule has 0 radical (unpaired) electrons. The van der Waals surface area contributed by atoms with Gasteiger partial charge in [-0.2, -0.15) is 0 Å². The average molecular weight is 191 g/mol. The summed E-state index contributed by atoms with van der Waals surface area (Å²) in [4.78, 5) is 0. The van der Waals surface area contributed by atoms with Crippen LogP contribution < -0.4 is 5.32 Å². The number of hydrogen-bond acceptors (Lipinski definition) is 1. The van der Waals surface area contributed by atoms with Gasteiger partial charge in [-0.05, 0) is 37.9 Å². The highest BCUT2D eigenvalue weighted by molar-refractivity contribution is 5.30. The number of hydrogen-bond donors (Lipinski definition) is 1. The first-order valence-electron chi connectivity index (χ1n) is 5.26. The minimum atomic E-state index is 0.0604. The van der Waals surface area contributed by atoms with Crippen LogP contribution in [0.1, 0.15) is 44.7 Å². The molecule has 0 heterocycles. The van der Waals surface area contributed by atoms with E-state index in [1.807, 2.05) is 7.05 Å². The maximum atomic E-state index is 3.32. The summed E-state index contributed by atoms with van der Waals surface area (Å²) in [5, 5.41) is 3.32. The van der Waals surface area contributed by atoms with Crippen LogP contribution >= 0.6 is 0 Å². The van der Waals surface area contributed by atoms with E-state index in [0.717, 1.165) is 0 Å². The number of benzene rings is 1. The molecule has 0 aliphatic heterocycles. The Balaban J connectivity index is 3.05. The lowest BCUT2D eigenvalue weighted by Gasteiger charge is -2.25. The summed E-state index contributed by atoms with van der Waals surface area (Å²) in [6, 6.07) is 8.81. The van der Waals surface area contributed by atoms with E-state index < -0.39 is 0 Å². The third kappa shape index (κ3) is 2.36. The molecule has 1 nitrogen and oxygen atoms in total. The molecular formula is C13H21N. The molecule has 0 atom stereocenters. The number of rotatable bonds is 3. The van der Waals surface area contributed by atoms with E-state index in [0.29, 0.717) is 5.92 Å². The maximum Gasteiger partial charge on any atom is 0.0375 e. The van der Waals surface area contributed by atoms with E-state index in [-0.39, 0.29) is 5.54 Å². The third-order valence-electron chi connectivity index (χ3n) is 2.90. The normalized spacial score (nSPS) is 12.1. The third-order valence-corrected chi connectivity index (χ3v) is 2.90. The molecule has 0 amide bonds. The van der Waals surface area contributed by atoms with Crippen LogP contribution in [-0.2, 0) is 5.54 Å². The first-order chi connectivity index (χ1) is 6.47. The summed E-state index contributed by atoms with van der Waals surface area (Å²) in [5.41, 5.74) is 2.82. The van der Waals surface area contributed by atoms with Crippen molar-refractivity contribution in [1.29, 1.82) is 0 Å². The fourth-order valence-electron chi connectivity index (χ4n) is 1.43. The molecular weight excluding hydrogens is 170 g/mol. The predicted molar refractivity (Wildman–Crippen MR) is 62.6 cm³/mol. The van der Waals surface area contributed by atoms with Crippen molar-refractivity contribution < 1.29 is 0 Å². The summed E-state index contributed by atoms with van der Waals surface area (Å²) in [5.74, 6) is 0.600.